The van der Waals surface area contributed by atoms with Gasteiger partial charge in [0.05, 0.1) is 0 Å². The zero-order valence-electron chi connectivity index (χ0n) is 10.4. The van der Waals surface area contributed by atoms with E-state index in [0.29, 0.717) is 0 Å². The summed E-state index contributed by atoms with van der Waals surface area (Å²) in [5.74, 6) is -1.23. The smallest absolute Gasteiger partial charge is 0.249 e. The largest absolute Gasteiger partial charge is 0.396 e. The molecule has 0 atom stereocenters. The number of amides is 2. The van der Waals surface area contributed by atoms with Crippen molar-refractivity contribution in [1.29, 1.82) is 0 Å². The lowest BCUT2D eigenvalue weighted by atomic mass is 10.2. The number of nitrogens with zero attached hydrogens (tertiary/aromatic N) is 1. The normalized spacial score (nSPS) is 10.9. The van der Waals surface area contributed by atoms with E-state index in [1.165, 1.54) is 18.0 Å². The second-order valence-electron chi connectivity index (χ2n) is 3.67. The van der Waals surface area contributed by atoms with Crippen LogP contribution in [0.2, 0.25) is 0 Å². The molecule has 0 radical (unpaired) electrons. The molecule has 0 spiro atoms. The molecule has 0 aromatic carbocycles. The van der Waals surface area contributed by atoms with Crippen molar-refractivity contribution in [2.24, 2.45) is 5.73 Å². The van der Waals surface area contributed by atoms with Crippen molar-refractivity contribution in [2.75, 3.05) is 13.2 Å². The first-order valence-corrected chi connectivity index (χ1v) is 5.46. The molecule has 0 saturated heterocycles. The highest BCUT2D eigenvalue weighted by Crippen LogP contribution is 2.02. The van der Waals surface area contributed by atoms with Gasteiger partial charge in [-0.05, 0) is 13.0 Å². The molecule has 0 fully saturated rings. The molecule has 0 unspecified atom stereocenters. The third-order valence-electron chi connectivity index (χ3n) is 2.22. The summed E-state index contributed by atoms with van der Waals surface area (Å²) in [5.41, 5.74) is 5.27. The SMILES string of the molecule is C=CC(=O)N(C=C(C)C(N)=O)CCC(=O)CCO. The number of nitrogens with two attached hydrogens (primary N) is 1. The van der Waals surface area contributed by atoms with Crippen molar-refractivity contribution in [3.8, 4) is 0 Å². The average molecular weight is 254 g/mol. The number of carbonyl (C=O) groups excluding carboxylic acids is 3. The molecule has 2 amide bonds. The van der Waals surface area contributed by atoms with Crippen LogP contribution < -0.4 is 5.73 Å². The van der Waals surface area contributed by atoms with E-state index < -0.39 is 11.8 Å². The van der Waals surface area contributed by atoms with Crippen molar-refractivity contribution in [3.63, 3.8) is 0 Å². The molecule has 0 aromatic heterocycles. The zero-order valence-corrected chi connectivity index (χ0v) is 10.4. The summed E-state index contributed by atoms with van der Waals surface area (Å²) in [6, 6.07) is 0. The van der Waals surface area contributed by atoms with Crippen molar-refractivity contribution < 1.29 is 19.5 Å². The summed E-state index contributed by atoms with van der Waals surface area (Å²) in [5, 5.41) is 8.58. The summed E-state index contributed by atoms with van der Waals surface area (Å²) >= 11 is 0. The quantitative estimate of drug-likeness (QED) is 0.582. The Morgan fingerprint density at radius 2 is 1.94 bits per heavy atom. The van der Waals surface area contributed by atoms with Crippen LogP contribution in [0.3, 0.4) is 0 Å². The Labute approximate surface area is 106 Å². The Morgan fingerprint density at radius 3 is 2.39 bits per heavy atom. The highest BCUT2D eigenvalue weighted by Gasteiger charge is 2.11. The molecule has 18 heavy (non-hydrogen) atoms. The summed E-state index contributed by atoms with van der Waals surface area (Å²) in [6.45, 7) is 4.71. The van der Waals surface area contributed by atoms with Crippen LogP contribution in [0, 0.1) is 0 Å². The molecule has 3 N–H and O–H groups in total. The first kappa shape index (κ1) is 16.1. The number of aliphatic hydroxyl groups is 1. The van der Waals surface area contributed by atoms with Gasteiger partial charge in [-0.15, -0.1) is 0 Å². The molecule has 0 aliphatic heterocycles. The number of hydrogen-bond donors (Lipinski definition) is 2. The van der Waals surface area contributed by atoms with E-state index in [4.69, 9.17) is 10.8 Å². The van der Waals surface area contributed by atoms with E-state index in [1.807, 2.05) is 0 Å². The first-order valence-electron chi connectivity index (χ1n) is 5.46. The van der Waals surface area contributed by atoms with Gasteiger partial charge in [-0.1, -0.05) is 6.58 Å². The molecule has 0 aromatic rings. The third kappa shape index (κ3) is 5.95. The molecule has 0 aliphatic carbocycles. The van der Waals surface area contributed by atoms with Crippen LogP contribution in [0.15, 0.2) is 24.4 Å². The number of Topliss-reactive ketones (excluding diaryl/α,β-unsaturated/α-hetero) is 1. The fourth-order valence-electron chi connectivity index (χ4n) is 1.15. The molecule has 6 nitrogen and oxygen atoms in total. The maximum Gasteiger partial charge on any atom is 0.249 e. The summed E-state index contributed by atoms with van der Waals surface area (Å²) in [6.07, 6.45) is 2.52. The number of hydrogen-bond acceptors (Lipinski definition) is 4. The maximum atomic E-state index is 11.5. The van der Waals surface area contributed by atoms with Crippen LogP contribution in [0.4, 0.5) is 0 Å². The van der Waals surface area contributed by atoms with Gasteiger partial charge in [0.25, 0.3) is 0 Å². The predicted molar refractivity (Wildman–Crippen MR) is 66.2 cm³/mol. The van der Waals surface area contributed by atoms with Crippen LogP contribution in [-0.2, 0) is 14.4 Å². The van der Waals surface area contributed by atoms with Gasteiger partial charge in [-0.2, -0.15) is 0 Å². The topological polar surface area (TPSA) is 101 Å². The molecule has 0 bridgehead atoms. The summed E-state index contributed by atoms with van der Waals surface area (Å²) in [7, 11) is 0. The van der Waals surface area contributed by atoms with Crippen LogP contribution in [0.5, 0.6) is 0 Å². The van der Waals surface area contributed by atoms with E-state index >= 15 is 0 Å². The van der Waals surface area contributed by atoms with E-state index in [0.717, 1.165) is 6.08 Å². The number of rotatable bonds is 8. The van der Waals surface area contributed by atoms with Crippen LogP contribution in [0.25, 0.3) is 0 Å². The van der Waals surface area contributed by atoms with Gasteiger partial charge in [-0.3, -0.25) is 14.4 Å². The second kappa shape index (κ2) is 8.19. The van der Waals surface area contributed by atoms with Gasteiger partial charge in [0.15, 0.2) is 0 Å². The Kier molecular flexibility index (Phi) is 7.30. The minimum Gasteiger partial charge on any atom is -0.396 e. The van der Waals surface area contributed by atoms with Crippen molar-refractivity contribution in [2.45, 2.75) is 19.8 Å². The van der Waals surface area contributed by atoms with Crippen LogP contribution in [-0.4, -0.2) is 40.8 Å². The molecular weight excluding hydrogens is 236 g/mol. The highest BCUT2D eigenvalue weighted by atomic mass is 16.3. The minimum atomic E-state index is -0.640. The van der Waals surface area contributed by atoms with Gasteiger partial charge in [0.1, 0.15) is 5.78 Å². The lowest BCUT2D eigenvalue weighted by Gasteiger charge is -2.16. The van der Waals surface area contributed by atoms with Crippen molar-refractivity contribution >= 4 is 17.6 Å². The standard InChI is InChI=1S/C12H18N2O4/c1-3-11(17)14(8-9(2)12(13)18)6-4-10(16)5-7-15/h3,8,15H,1,4-7H2,2H3,(H2,13,18). The lowest BCUT2D eigenvalue weighted by Crippen LogP contribution is -2.28. The monoisotopic (exact) mass is 254 g/mol. The second-order valence-corrected chi connectivity index (χ2v) is 3.67. The van der Waals surface area contributed by atoms with Crippen LogP contribution in [0.1, 0.15) is 19.8 Å². The average Bonchev–Trinajstić information content (AvgIpc) is 2.33. The van der Waals surface area contributed by atoms with E-state index in [2.05, 4.69) is 6.58 Å². The van der Waals surface area contributed by atoms with E-state index in [9.17, 15) is 14.4 Å². The van der Waals surface area contributed by atoms with E-state index in [-0.39, 0.29) is 37.3 Å². The molecule has 0 aliphatic rings. The van der Waals surface area contributed by atoms with Gasteiger partial charge >= 0.3 is 0 Å². The molecular formula is C12H18N2O4. The highest BCUT2D eigenvalue weighted by molar-refractivity contribution is 5.93. The fourth-order valence-corrected chi connectivity index (χ4v) is 1.15. The lowest BCUT2D eigenvalue weighted by molar-refractivity contribution is -0.124. The van der Waals surface area contributed by atoms with Crippen LogP contribution >= 0.6 is 0 Å². The third-order valence-corrected chi connectivity index (χ3v) is 2.22. The van der Waals surface area contributed by atoms with Crippen molar-refractivity contribution in [1.82, 2.24) is 4.90 Å². The molecule has 6 heteroatoms. The summed E-state index contributed by atoms with van der Waals surface area (Å²) < 4.78 is 0. The Hall–Kier alpha value is -1.95. The van der Waals surface area contributed by atoms with Gasteiger partial charge in [-0.25, -0.2) is 0 Å². The maximum absolute atomic E-state index is 11.5. The van der Waals surface area contributed by atoms with Crippen molar-refractivity contribution in [3.05, 3.63) is 24.4 Å². The Morgan fingerprint density at radius 1 is 1.33 bits per heavy atom. The van der Waals surface area contributed by atoms with Gasteiger partial charge < -0.3 is 15.7 Å². The van der Waals surface area contributed by atoms with Gasteiger partial charge in [0, 0.05) is 37.8 Å². The first-order chi connectivity index (χ1) is 8.42. The molecule has 0 heterocycles. The predicted octanol–water partition coefficient (Wildman–Crippen LogP) is -0.268. The number of aliphatic hydroxyl groups excluding tert-OH is 1. The van der Waals surface area contributed by atoms with E-state index in [1.54, 1.807) is 0 Å². The zero-order chi connectivity index (χ0) is 14.1. The molecule has 0 rings (SSSR count). The van der Waals surface area contributed by atoms with Gasteiger partial charge in [0.2, 0.25) is 11.8 Å². The number of ketones is 1. The minimum absolute atomic E-state index is 0.0502. The molecule has 0 saturated carbocycles. The summed E-state index contributed by atoms with van der Waals surface area (Å²) in [4.78, 5) is 34.8. The fraction of sp³-hybridized carbons (Fsp3) is 0.417. The Balaban J connectivity index is 4.66. The molecule has 100 valence electrons. The Bertz CT molecular complexity index is 374. The number of primary amides is 1. The number of carbonyl (C=O) groups is 3.